The molecule has 0 radical (unpaired) electrons. The number of hydrogen-bond acceptors (Lipinski definition) is 3. The third kappa shape index (κ3) is 5.15. The lowest BCUT2D eigenvalue weighted by molar-refractivity contribution is 0.668. The molecule has 5 heterocycles. The first-order valence-electron chi connectivity index (χ1n) is 21.7. The smallest absolute Gasteiger partial charge is 0.135 e. The van der Waals surface area contributed by atoms with Gasteiger partial charge in [-0.05, 0) is 102 Å². The van der Waals surface area contributed by atoms with Gasteiger partial charge in [-0.3, -0.25) is 0 Å². The van der Waals surface area contributed by atoms with Gasteiger partial charge >= 0.3 is 0 Å². The number of benzene rings is 9. The number of pyridine rings is 1. The Labute approximate surface area is 366 Å². The van der Waals surface area contributed by atoms with E-state index in [2.05, 4.69) is 197 Å². The molecule has 0 aliphatic heterocycles. The number of para-hydroxylation sites is 4. The summed E-state index contributed by atoms with van der Waals surface area (Å²) in [6.45, 7) is 0. The molecule has 5 nitrogen and oxygen atoms in total. The van der Waals surface area contributed by atoms with Gasteiger partial charge in [0.2, 0.25) is 0 Å². The summed E-state index contributed by atoms with van der Waals surface area (Å²) in [5.74, 6) is 0. The number of fused-ring (bicyclic) bond motifs is 13. The van der Waals surface area contributed by atoms with Crippen molar-refractivity contribution in [3.05, 3.63) is 212 Å². The molecule has 0 bridgehead atoms. The fourth-order valence-electron chi connectivity index (χ4n) is 10.2. The van der Waals surface area contributed by atoms with Crippen LogP contribution in [-0.2, 0) is 0 Å². The Balaban J connectivity index is 1.04. The summed E-state index contributed by atoms with van der Waals surface area (Å²) >= 11 is 0. The van der Waals surface area contributed by atoms with Crippen LogP contribution in [0.4, 0.5) is 0 Å². The quantitative estimate of drug-likeness (QED) is 0.174. The van der Waals surface area contributed by atoms with Gasteiger partial charge in [0.25, 0.3) is 0 Å². The maximum absolute atomic E-state index is 6.27. The molecule has 0 fully saturated rings. The van der Waals surface area contributed by atoms with E-state index in [1.165, 1.54) is 43.7 Å². The lowest BCUT2D eigenvalue weighted by Gasteiger charge is -2.14. The highest BCUT2D eigenvalue weighted by molar-refractivity contribution is 6.26. The third-order valence-electron chi connectivity index (χ3n) is 13.1. The molecule has 0 atom stereocenters. The zero-order chi connectivity index (χ0) is 41.9. The van der Waals surface area contributed by atoms with Crippen molar-refractivity contribution in [2.24, 2.45) is 0 Å². The Kier molecular flexibility index (Phi) is 7.33. The number of furan rings is 2. The van der Waals surface area contributed by atoms with Crippen molar-refractivity contribution in [3.63, 3.8) is 0 Å². The Morgan fingerprint density at radius 3 is 1.44 bits per heavy atom. The maximum atomic E-state index is 6.27. The normalized spacial score (nSPS) is 12.1. The van der Waals surface area contributed by atoms with E-state index >= 15 is 0 Å². The minimum atomic E-state index is 0.857. The number of rotatable bonds is 5. The van der Waals surface area contributed by atoms with Crippen LogP contribution in [0.2, 0.25) is 0 Å². The van der Waals surface area contributed by atoms with Crippen LogP contribution >= 0.6 is 0 Å². The molecule has 9 aromatic carbocycles. The van der Waals surface area contributed by atoms with Crippen LogP contribution in [0.25, 0.3) is 133 Å². The van der Waals surface area contributed by atoms with Gasteiger partial charge in [0.05, 0.1) is 39.1 Å². The molecule has 14 aromatic rings. The van der Waals surface area contributed by atoms with Crippen LogP contribution in [0.1, 0.15) is 0 Å². The van der Waals surface area contributed by atoms with E-state index in [-0.39, 0.29) is 0 Å². The Morgan fingerprint density at radius 2 is 0.797 bits per heavy atom. The minimum Gasteiger partial charge on any atom is -0.456 e. The monoisotopic (exact) mass is 817 g/mol. The first kappa shape index (κ1) is 35.0. The average Bonchev–Trinajstić information content (AvgIpc) is 4.11. The van der Waals surface area contributed by atoms with Crippen molar-refractivity contribution in [2.45, 2.75) is 0 Å². The Bertz CT molecular complexity index is 4050. The molecule has 0 aliphatic carbocycles. The first-order chi connectivity index (χ1) is 31.7. The van der Waals surface area contributed by atoms with Gasteiger partial charge in [0, 0.05) is 59.9 Å². The van der Waals surface area contributed by atoms with E-state index in [4.69, 9.17) is 13.8 Å². The molecule has 0 saturated carbocycles. The summed E-state index contributed by atoms with van der Waals surface area (Å²) in [5.41, 5.74) is 16.4. The predicted molar refractivity (Wildman–Crippen MR) is 264 cm³/mol. The van der Waals surface area contributed by atoms with Crippen LogP contribution in [0.3, 0.4) is 0 Å². The fourth-order valence-corrected chi connectivity index (χ4v) is 10.2. The van der Waals surface area contributed by atoms with E-state index in [0.29, 0.717) is 0 Å². The fraction of sp³-hybridized carbons (Fsp3) is 0. The van der Waals surface area contributed by atoms with Crippen LogP contribution in [0, 0.1) is 0 Å². The Morgan fingerprint density at radius 1 is 0.297 bits per heavy atom. The van der Waals surface area contributed by atoms with Gasteiger partial charge in [-0.1, -0.05) is 121 Å². The summed E-state index contributed by atoms with van der Waals surface area (Å²) in [6.07, 6.45) is 0. The lowest BCUT2D eigenvalue weighted by Crippen LogP contribution is -1.98. The number of hydrogen-bond donors (Lipinski definition) is 0. The van der Waals surface area contributed by atoms with Crippen LogP contribution in [0.15, 0.2) is 221 Å². The van der Waals surface area contributed by atoms with Gasteiger partial charge in [0.1, 0.15) is 22.3 Å². The van der Waals surface area contributed by atoms with Crippen molar-refractivity contribution in [3.8, 4) is 45.0 Å². The third-order valence-corrected chi connectivity index (χ3v) is 13.1. The molecule has 14 rings (SSSR count). The lowest BCUT2D eigenvalue weighted by atomic mass is 10.0. The van der Waals surface area contributed by atoms with Crippen molar-refractivity contribution < 1.29 is 8.83 Å². The minimum absolute atomic E-state index is 0.857. The van der Waals surface area contributed by atoms with Crippen LogP contribution < -0.4 is 0 Å². The van der Waals surface area contributed by atoms with Crippen molar-refractivity contribution in [2.75, 3.05) is 0 Å². The molecule has 0 unspecified atom stereocenters. The van der Waals surface area contributed by atoms with Gasteiger partial charge in [-0.25, -0.2) is 4.98 Å². The summed E-state index contributed by atoms with van der Waals surface area (Å²) in [7, 11) is 0. The van der Waals surface area contributed by atoms with Crippen LogP contribution in [0.5, 0.6) is 0 Å². The number of aromatic nitrogens is 3. The summed E-state index contributed by atoms with van der Waals surface area (Å²) in [6, 6.07) is 75.6. The second-order valence-corrected chi connectivity index (χ2v) is 16.7. The van der Waals surface area contributed by atoms with Crippen molar-refractivity contribution in [1.29, 1.82) is 0 Å². The molecule has 298 valence electrons. The maximum Gasteiger partial charge on any atom is 0.135 e. The second kappa shape index (κ2) is 13.4. The van der Waals surface area contributed by atoms with Gasteiger partial charge in [-0.2, -0.15) is 0 Å². The molecular formula is C59H35N3O2. The van der Waals surface area contributed by atoms with Gasteiger partial charge < -0.3 is 18.0 Å². The van der Waals surface area contributed by atoms with E-state index in [1.54, 1.807) is 0 Å². The zero-order valence-electron chi connectivity index (χ0n) is 34.4. The van der Waals surface area contributed by atoms with Crippen LogP contribution in [-0.4, -0.2) is 14.1 Å². The first-order valence-corrected chi connectivity index (χ1v) is 21.7. The summed E-state index contributed by atoms with van der Waals surface area (Å²) < 4.78 is 17.4. The highest BCUT2D eigenvalue weighted by Crippen LogP contribution is 2.43. The highest BCUT2D eigenvalue weighted by atomic mass is 16.3. The largest absolute Gasteiger partial charge is 0.456 e. The second-order valence-electron chi connectivity index (χ2n) is 16.7. The van der Waals surface area contributed by atoms with E-state index in [1.807, 2.05) is 24.3 Å². The molecule has 5 heteroatoms. The molecule has 0 saturated heterocycles. The predicted octanol–water partition coefficient (Wildman–Crippen LogP) is 16.1. The molecule has 64 heavy (non-hydrogen) atoms. The zero-order valence-corrected chi connectivity index (χ0v) is 34.4. The van der Waals surface area contributed by atoms with Gasteiger partial charge in [0.15, 0.2) is 0 Å². The summed E-state index contributed by atoms with van der Waals surface area (Å²) in [4.78, 5) is 5.47. The SMILES string of the molecule is c1ccc(-c2ccc(-n3c4ccccc4c4ccc5c(c6ccccc6n5-c5cc(-c6ccc7oc8ccccc8c7c6)nc(-c6ccc7oc8ccccc8c7c6)c5)c43)cc2)cc1. The van der Waals surface area contributed by atoms with E-state index in [0.717, 1.165) is 88.8 Å². The Hall–Kier alpha value is -8.67. The molecule has 0 amide bonds. The van der Waals surface area contributed by atoms with E-state index < -0.39 is 0 Å². The highest BCUT2D eigenvalue weighted by Gasteiger charge is 2.22. The molecule has 0 aliphatic rings. The van der Waals surface area contributed by atoms with Crippen molar-refractivity contribution in [1.82, 2.24) is 14.1 Å². The molecule has 0 N–H and O–H groups in total. The summed E-state index contributed by atoms with van der Waals surface area (Å²) in [5, 5.41) is 9.14. The standard InChI is InChI=1S/C59H35N3O2/c1-2-12-36(13-3-1)37-22-26-40(27-23-37)62-51-18-8-4-14-42(51)45-28-29-53-58(59(45)62)46-17-5-9-19-52(46)61(53)41-34-49(38-24-30-56-47(32-38)43-15-6-10-20-54(43)63-56)60-50(35-41)39-25-31-57-48(33-39)44-16-7-11-21-55(44)64-57/h1-35H. The average molecular weight is 818 g/mol. The topological polar surface area (TPSA) is 49.0 Å². The molecule has 0 spiro atoms. The molecule has 5 aromatic heterocycles. The van der Waals surface area contributed by atoms with Gasteiger partial charge in [-0.15, -0.1) is 0 Å². The van der Waals surface area contributed by atoms with Crippen molar-refractivity contribution >= 4 is 87.5 Å². The number of nitrogens with zero attached hydrogens (tertiary/aromatic N) is 3. The van der Waals surface area contributed by atoms with E-state index in [9.17, 15) is 0 Å². The molecular weight excluding hydrogens is 783 g/mol.